The van der Waals surface area contributed by atoms with Gasteiger partial charge in [-0.25, -0.2) is 0 Å². The summed E-state index contributed by atoms with van der Waals surface area (Å²) in [5, 5.41) is 42.2. The average Bonchev–Trinajstić information content (AvgIpc) is 2.75. The second kappa shape index (κ2) is 15.2. The van der Waals surface area contributed by atoms with Crippen molar-refractivity contribution in [1.82, 2.24) is 0 Å². The summed E-state index contributed by atoms with van der Waals surface area (Å²) in [4.78, 5) is 4.10. The second-order valence-corrected chi connectivity index (χ2v) is 9.96. The first-order chi connectivity index (χ1) is 15.8. The van der Waals surface area contributed by atoms with Crippen LogP contribution in [-0.4, -0.2) is 52.9 Å². The number of aliphatic imine (C=N–C) groups is 1. The van der Waals surface area contributed by atoms with E-state index in [1.54, 1.807) is 24.4 Å². The van der Waals surface area contributed by atoms with Gasteiger partial charge in [0.25, 0.3) is 0 Å². The van der Waals surface area contributed by atoms with Gasteiger partial charge in [-0.2, -0.15) is 0 Å². The molecule has 0 radical (unpaired) electrons. The first kappa shape index (κ1) is 32.1. The van der Waals surface area contributed by atoms with E-state index in [1.807, 2.05) is 26.8 Å². The molecular weight excluding hydrogens is 495 g/mol. The van der Waals surface area contributed by atoms with E-state index in [2.05, 4.69) is 31.1 Å². The van der Waals surface area contributed by atoms with Crippen LogP contribution in [0.5, 0.6) is 17.2 Å². The standard InChI is InChI=1S/C14H22O2.C11H14ClN2O2.O.V/c1-13(2,3)9-7-10(14(4,5)6)12(16)11(15)8-9;12-10-1-2-11(16)9(7-10)8-14-4-3-13-5-6-15;;/h7-8,15-16H,1-6H3;1-2,7-8,15-16H,3-6H2;;/q;-1;;. The van der Waals surface area contributed by atoms with E-state index in [0.29, 0.717) is 30.2 Å². The van der Waals surface area contributed by atoms with Crippen LogP contribution in [0.1, 0.15) is 58.2 Å². The van der Waals surface area contributed by atoms with Crippen LogP contribution >= 0.6 is 11.6 Å². The Bertz CT molecular complexity index is 925. The molecule has 2 rings (SSSR count). The maximum absolute atomic E-state index is 9.87. The minimum atomic E-state index is -0.178. The van der Waals surface area contributed by atoms with Crippen LogP contribution in [0.2, 0.25) is 5.02 Å². The maximum atomic E-state index is 9.87. The van der Waals surface area contributed by atoms with E-state index in [0.717, 1.165) is 28.5 Å². The quantitative estimate of drug-likeness (QED) is 0.226. The monoisotopic (exact) mass is 530 g/mol. The molecular formula is C25H36ClN2O5V-. The van der Waals surface area contributed by atoms with Crippen molar-refractivity contribution in [2.45, 2.75) is 52.4 Å². The minimum absolute atomic E-state index is 0.000463. The summed E-state index contributed by atoms with van der Waals surface area (Å²) in [5.41, 5.74) is 2.20. The van der Waals surface area contributed by atoms with E-state index < -0.39 is 0 Å². The van der Waals surface area contributed by atoms with E-state index >= 15 is 0 Å². The molecule has 4 N–H and O–H groups in total. The fourth-order valence-corrected chi connectivity index (χ4v) is 2.91. The summed E-state index contributed by atoms with van der Waals surface area (Å²) in [6.07, 6.45) is 1.57. The summed E-state index contributed by atoms with van der Waals surface area (Å²) in [6, 6.07) is 8.41. The van der Waals surface area contributed by atoms with Crippen LogP contribution < -0.4 is 0 Å². The summed E-state index contributed by atoms with van der Waals surface area (Å²) < 4.78 is 8.19. The van der Waals surface area contributed by atoms with Gasteiger partial charge in [0.15, 0.2) is 11.5 Å². The molecule has 0 unspecified atom stereocenters. The number of aliphatic hydroxyl groups is 1. The molecule has 189 valence electrons. The van der Waals surface area contributed by atoms with Crippen LogP contribution in [0.25, 0.3) is 5.32 Å². The average molecular weight is 531 g/mol. The van der Waals surface area contributed by atoms with E-state index in [1.165, 1.54) is 6.07 Å². The van der Waals surface area contributed by atoms with Crippen molar-refractivity contribution in [2.75, 3.05) is 26.2 Å². The number of aliphatic hydroxyl groups excluding tert-OH is 1. The molecule has 0 atom stereocenters. The van der Waals surface area contributed by atoms with Crippen LogP contribution in [-0.2, 0) is 31.9 Å². The van der Waals surface area contributed by atoms with E-state index in [-0.39, 0.29) is 34.7 Å². The second-order valence-electron chi connectivity index (χ2n) is 9.52. The van der Waals surface area contributed by atoms with Gasteiger partial charge in [-0.15, -0.1) is 13.1 Å². The third-order valence-electron chi connectivity index (χ3n) is 4.63. The molecule has 0 saturated carbocycles. The Morgan fingerprint density at radius 1 is 0.941 bits per heavy atom. The fourth-order valence-electron chi connectivity index (χ4n) is 2.73. The molecule has 0 saturated heterocycles. The van der Waals surface area contributed by atoms with Crippen molar-refractivity contribution in [3.8, 4) is 17.2 Å². The van der Waals surface area contributed by atoms with Crippen LogP contribution in [0.3, 0.4) is 0 Å². The van der Waals surface area contributed by atoms with Crippen molar-refractivity contribution in [3.63, 3.8) is 0 Å². The molecule has 34 heavy (non-hydrogen) atoms. The molecule has 0 spiro atoms. The number of aromatic hydroxyl groups is 3. The summed E-state index contributed by atoms with van der Waals surface area (Å²) >= 11 is 6.84. The SMILES string of the molecule is CC(C)(C)c1cc(O)c(O)c(C(C)(C)C)c1.OCC[N-]CCN=Cc1cc(Cl)ccc1O.[O]=[V]. The van der Waals surface area contributed by atoms with Crippen molar-refractivity contribution in [2.24, 2.45) is 4.99 Å². The molecule has 2 aromatic rings. The number of halogens is 1. The molecule has 0 amide bonds. The first-order valence-corrected chi connectivity index (χ1v) is 11.7. The number of phenols is 3. The zero-order chi connectivity index (χ0) is 26.5. The summed E-state index contributed by atoms with van der Waals surface area (Å²) in [5.74, 6) is 0.123. The molecule has 7 nitrogen and oxygen atoms in total. The fraction of sp³-hybridized carbons (Fsp3) is 0.480. The Balaban J connectivity index is 0.000000597. The number of phenolic OH excluding ortho intramolecular Hbond substituents is 3. The molecule has 0 aliphatic rings. The Morgan fingerprint density at radius 2 is 1.56 bits per heavy atom. The van der Waals surface area contributed by atoms with Crippen molar-refractivity contribution in [3.05, 3.63) is 57.4 Å². The van der Waals surface area contributed by atoms with Crippen LogP contribution in [0, 0.1) is 0 Å². The summed E-state index contributed by atoms with van der Waals surface area (Å²) in [6.45, 7) is 13.9. The number of benzene rings is 2. The van der Waals surface area contributed by atoms with Gasteiger partial charge in [-0.1, -0.05) is 59.2 Å². The van der Waals surface area contributed by atoms with Gasteiger partial charge >= 0.3 is 21.0 Å². The Kier molecular flexibility index (Phi) is 14.3. The van der Waals surface area contributed by atoms with Crippen molar-refractivity contribution < 1.29 is 41.5 Å². The Labute approximate surface area is 217 Å². The third-order valence-corrected chi connectivity index (χ3v) is 4.86. The molecule has 0 bridgehead atoms. The normalized spacial score (nSPS) is 11.4. The molecule has 0 aliphatic carbocycles. The van der Waals surface area contributed by atoms with Gasteiger partial charge < -0.3 is 25.7 Å². The topological polar surface area (TPSA) is 124 Å². The van der Waals surface area contributed by atoms with Crippen LogP contribution in [0.4, 0.5) is 0 Å². The van der Waals surface area contributed by atoms with Gasteiger partial charge in [-0.3, -0.25) is 4.99 Å². The zero-order valence-corrected chi connectivity index (χ0v) is 22.9. The molecule has 0 aromatic heterocycles. The van der Waals surface area contributed by atoms with E-state index in [4.69, 9.17) is 20.4 Å². The zero-order valence-electron chi connectivity index (χ0n) is 20.7. The number of rotatable bonds is 6. The van der Waals surface area contributed by atoms with Crippen molar-refractivity contribution in [1.29, 1.82) is 0 Å². The van der Waals surface area contributed by atoms with Crippen molar-refractivity contribution >= 4 is 17.8 Å². The molecule has 2 aromatic carbocycles. The summed E-state index contributed by atoms with van der Waals surface area (Å²) in [7, 11) is 0. The number of nitrogens with zero attached hydrogens (tertiary/aromatic N) is 2. The Morgan fingerprint density at radius 3 is 2.09 bits per heavy atom. The van der Waals surface area contributed by atoms with Gasteiger partial charge in [0, 0.05) is 35.5 Å². The number of hydrogen-bond acceptors (Lipinski definition) is 6. The van der Waals surface area contributed by atoms with E-state index in [9.17, 15) is 15.3 Å². The van der Waals surface area contributed by atoms with Gasteiger partial charge in [0.2, 0.25) is 0 Å². The van der Waals surface area contributed by atoms with Crippen LogP contribution in [0.15, 0.2) is 35.3 Å². The predicted octanol–water partition coefficient (Wildman–Crippen LogP) is 5.40. The molecule has 0 heterocycles. The van der Waals surface area contributed by atoms with Gasteiger partial charge in [0.1, 0.15) is 5.75 Å². The van der Waals surface area contributed by atoms with Gasteiger partial charge in [-0.05, 0) is 40.7 Å². The predicted molar refractivity (Wildman–Crippen MR) is 134 cm³/mol. The molecule has 0 aliphatic heterocycles. The Hall–Kier alpha value is -1.90. The third kappa shape index (κ3) is 11.5. The molecule has 0 fully saturated rings. The van der Waals surface area contributed by atoms with Gasteiger partial charge in [0.05, 0.1) is 0 Å². The number of hydrogen-bond donors (Lipinski definition) is 4. The first-order valence-electron chi connectivity index (χ1n) is 10.7. The molecule has 9 heteroatoms.